The van der Waals surface area contributed by atoms with Gasteiger partial charge in [-0.15, -0.1) is 0 Å². The van der Waals surface area contributed by atoms with Gasteiger partial charge in [-0.3, -0.25) is 0 Å². The Labute approximate surface area is 339 Å². The van der Waals surface area contributed by atoms with Gasteiger partial charge in [-0.25, -0.2) is 0 Å². The van der Waals surface area contributed by atoms with Crippen LogP contribution in [-0.4, -0.2) is 6.04 Å². The van der Waals surface area contributed by atoms with Crippen LogP contribution in [0, 0.1) is 0 Å². The first-order valence-electron chi connectivity index (χ1n) is 20.2. The summed E-state index contributed by atoms with van der Waals surface area (Å²) in [4.78, 5) is 5.02. The van der Waals surface area contributed by atoms with Crippen molar-refractivity contribution in [1.82, 2.24) is 0 Å². The average Bonchev–Trinajstić information content (AvgIpc) is 3.30. The molecule has 9 aromatic carbocycles. The number of rotatable bonds is 8. The van der Waals surface area contributed by atoms with Gasteiger partial charge in [0.1, 0.15) is 0 Å². The van der Waals surface area contributed by atoms with Crippen molar-refractivity contribution in [1.29, 1.82) is 0 Å². The lowest BCUT2D eigenvalue weighted by Crippen LogP contribution is -2.34. The first kappa shape index (κ1) is 33.9. The van der Waals surface area contributed by atoms with Crippen molar-refractivity contribution in [2.24, 2.45) is 0 Å². The predicted octanol–water partition coefficient (Wildman–Crippen LogP) is 14.7. The normalized spacial score (nSPS) is 14.2. The molecular formula is C56H40N2. The number of hydrogen-bond acceptors (Lipinski definition) is 2. The van der Waals surface area contributed by atoms with Crippen molar-refractivity contribution >= 4 is 61.1 Å². The van der Waals surface area contributed by atoms with Gasteiger partial charge in [0, 0.05) is 33.5 Å². The number of anilines is 5. The zero-order valence-corrected chi connectivity index (χ0v) is 32.0. The topological polar surface area (TPSA) is 6.48 Å². The van der Waals surface area contributed by atoms with Crippen LogP contribution in [0.15, 0.2) is 224 Å². The lowest BCUT2D eigenvalue weighted by molar-refractivity contribution is 0.951. The van der Waals surface area contributed by atoms with Gasteiger partial charge in [0.15, 0.2) is 0 Å². The first-order valence-corrected chi connectivity index (χ1v) is 20.2. The van der Waals surface area contributed by atoms with Crippen molar-refractivity contribution in [2.75, 3.05) is 9.80 Å². The van der Waals surface area contributed by atoms with E-state index >= 15 is 0 Å². The Morgan fingerprint density at radius 1 is 0.431 bits per heavy atom. The first-order chi connectivity index (χ1) is 28.8. The third kappa shape index (κ3) is 5.64. The van der Waals surface area contributed by atoms with Crippen molar-refractivity contribution in [3.05, 3.63) is 247 Å². The molecule has 2 heteroatoms. The molecule has 2 nitrogen and oxygen atoms in total. The summed E-state index contributed by atoms with van der Waals surface area (Å²) in [7, 11) is 0. The number of nitrogens with zero attached hydrogens (tertiary/aromatic N) is 2. The smallest absolute Gasteiger partial charge is 0.0788 e. The van der Waals surface area contributed by atoms with Crippen molar-refractivity contribution in [2.45, 2.75) is 12.5 Å². The Bertz CT molecular complexity index is 2960. The van der Waals surface area contributed by atoms with E-state index in [2.05, 4.69) is 234 Å². The minimum absolute atomic E-state index is 0.0853. The number of fused-ring (bicyclic) bond motifs is 1. The summed E-state index contributed by atoms with van der Waals surface area (Å²) in [6.07, 6.45) is 5.88. The second-order valence-corrected chi connectivity index (χ2v) is 15.2. The third-order valence-electron chi connectivity index (χ3n) is 11.9. The molecule has 2 aliphatic rings. The largest absolute Gasteiger partial charge is 0.330 e. The molecule has 0 radical (unpaired) electrons. The van der Waals surface area contributed by atoms with Crippen LogP contribution in [-0.2, 0) is 6.42 Å². The van der Waals surface area contributed by atoms with E-state index in [4.69, 9.17) is 0 Å². The minimum Gasteiger partial charge on any atom is -0.330 e. The van der Waals surface area contributed by atoms with Crippen molar-refractivity contribution in [3.63, 3.8) is 0 Å². The standard InChI is InChI=1S/C56H40N2/c1-6-19-40(20-7-1)50-37-53(57(42-25-10-3-11-26-42)43-27-12-4-13-28-43)48-35-33-47-51(41-21-8-2-9-22-41)38-54(49-36-34-46(50)55(48)56(47)49)58(44-29-14-5-15-30-44)52-32-18-24-39-23-16-17-31-45(39)52/h1-33,35-38,54H,34H2. The molecule has 1 unspecified atom stereocenters. The lowest BCUT2D eigenvalue weighted by atomic mass is 9.73. The molecule has 0 spiro atoms. The molecule has 0 heterocycles. The van der Waals surface area contributed by atoms with E-state index in [1.165, 1.54) is 77.4 Å². The van der Waals surface area contributed by atoms with E-state index in [0.29, 0.717) is 0 Å². The predicted molar refractivity (Wildman–Crippen MR) is 246 cm³/mol. The molecule has 0 saturated heterocycles. The quantitative estimate of drug-likeness (QED) is 0.153. The molecule has 0 N–H and O–H groups in total. The molecule has 0 fully saturated rings. The van der Waals surface area contributed by atoms with Gasteiger partial charge >= 0.3 is 0 Å². The molecule has 2 aliphatic carbocycles. The monoisotopic (exact) mass is 740 g/mol. The summed E-state index contributed by atoms with van der Waals surface area (Å²) in [6.45, 7) is 0. The fraction of sp³-hybridized carbons (Fsp3) is 0.0357. The number of para-hydroxylation sites is 3. The maximum Gasteiger partial charge on any atom is 0.0788 e. The molecule has 0 saturated carbocycles. The number of allylic oxidation sites excluding steroid dienone is 1. The van der Waals surface area contributed by atoms with Gasteiger partial charge < -0.3 is 9.80 Å². The molecule has 1 atom stereocenters. The Kier molecular flexibility index (Phi) is 8.33. The Morgan fingerprint density at radius 2 is 1.00 bits per heavy atom. The number of benzene rings is 9. The molecule has 11 rings (SSSR count). The molecule has 0 aromatic heterocycles. The van der Waals surface area contributed by atoms with E-state index in [0.717, 1.165) is 23.5 Å². The van der Waals surface area contributed by atoms with Crippen LogP contribution in [0.25, 0.3) is 43.8 Å². The third-order valence-corrected chi connectivity index (χ3v) is 11.9. The molecule has 0 amide bonds. The summed E-state index contributed by atoms with van der Waals surface area (Å²) < 4.78 is 0. The Hall–Kier alpha value is -7.42. The highest BCUT2D eigenvalue weighted by atomic mass is 15.2. The number of hydrogen-bond donors (Lipinski definition) is 0. The van der Waals surface area contributed by atoms with Gasteiger partial charge in [0.25, 0.3) is 0 Å². The Balaban J connectivity index is 1.25. The van der Waals surface area contributed by atoms with Gasteiger partial charge in [0.2, 0.25) is 0 Å². The Morgan fingerprint density at radius 3 is 1.67 bits per heavy atom. The second-order valence-electron chi connectivity index (χ2n) is 15.2. The van der Waals surface area contributed by atoms with E-state index in [1.807, 2.05) is 0 Å². The van der Waals surface area contributed by atoms with Crippen LogP contribution in [0.3, 0.4) is 0 Å². The van der Waals surface area contributed by atoms with Crippen LogP contribution in [0.5, 0.6) is 0 Å². The van der Waals surface area contributed by atoms with Crippen LogP contribution in [0.1, 0.15) is 22.3 Å². The van der Waals surface area contributed by atoms with Crippen LogP contribution in [0.2, 0.25) is 0 Å². The summed E-state index contributed by atoms with van der Waals surface area (Å²) in [5.41, 5.74) is 16.0. The fourth-order valence-electron chi connectivity index (χ4n) is 9.40. The zero-order chi connectivity index (χ0) is 38.4. The van der Waals surface area contributed by atoms with Crippen LogP contribution in [0.4, 0.5) is 28.4 Å². The van der Waals surface area contributed by atoms with Gasteiger partial charge in [-0.2, -0.15) is 0 Å². The summed E-state index contributed by atoms with van der Waals surface area (Å²) in [6, 6.07) is 77.2. The zero-order valence-electron chi connectivity index (χ0n) is 32.0. The van der Waals surface area contributed by atoms with Gasteiger partial charge in [-0.05, 0) is 116 Å². The lowest BCUT2D eigenvalue weighted by Gasteiger charge is -2.40. The minimum atomic E-state index is -0.0853. The van der Waals surface area contributed by atoms with Crippen molar-refractivity contribution < 1.29 is 0 Å². The van der Waals surface area contributed by atoms with Crippen LogP contribution >= 0.6 is 0 Å². The highest BCUT2D eigenvalue weighted by molar-refractivity contribution is 6.15. The molecular weight excluding hydrogens is 701 g/mol. The van der Waals surface area contributed by atoms with E-state index in [1.54, 1.807) is 0 Å². The maximum atomic E-state index is 2.58. The molecule has 9 aromatic rings. The molecule has 274 valence electrons. The summed E-state index contributed by atoms with van der Waals surface area (Å²) >= 11 is 0. The highest BCUT2D eigenvalue weighted by Gasteiger charge is 2.36. The fourth-order valence-corrected chi connectivity index (χ4v) is 9.40. The van der Waals surface area contributed by atoms with Crippen molar-refractivity contribution in [3.8, 4) is 11.1 Å². The highest BCUT2D eigenvalue weighted by Crippen LogP contribution is 2.53. The van der Waals surface area contributed by atoms with Crippen LogP contribution < -0.4 is 9.80 Å². The van der Waals surface area contributed by atoms with E-state index in [9.17, 15) is 0 Å². The van der Waals surface area contributed by atoms with E-state index < -0.39 is 0 Å². The summed E-state index contributed by atoms with van der Waals surface area (Å²) in [5.74, 6) is 0. The average molecular weight is 741 g/mol. The van der Waals surface area contributed by atoms with E-state index in [-0.39, 0.29) is 6.04 Å². The van der Waals surface area contributed by atoms with Gasteiger partial charge in [0.05, 0.1) is 11.7 Å². The molecule has 0 bridgehead atoms. The molecule has 58 heavy (non-hydrogen) atoms. The SMILES string of the molecule is C1=C(c2ccccc2)c2ccc3c(N(c4ccccc4)c4ccccc4)cc(-c4ccccc4)c4c3c2C(=CC4)C1N(c1ccccc1)c1cccc2ccccc12. The summed E-state index contributed by atoms with van der Waals surface area (Å²) in [5, 5.41) is 5.05. The molecule has 0 aliphatic heterocycles. The van der Waals surface area contributed by atoms with Gasteiger partial charge in [-0.1, -0.05) is 170 Å². The maximum absolute atomic E-state index is 2.58. The second kappa shape index (κ2) is 14.3.